The second-order valence-corrected chi connectivity index (χ2v) is 6.78. The van der Waals surface area contributed by atoms with E-state index in [2.05, 4.69) is 0 Å². The van der Waals surface area contributed by atoms with Crippen molar-refractivity contribution in [3.05, 3.63) is 39.9 Å². The van der Waals surface area contributed by atoms with Gasteiger partial charge in [0.1, 0.15) is 12.0 Å². The minimum atomic E-state index is -1.11. The van der Waals surface area contributed by atoms with Crippen LogP contribution in [0.5, 0.6) is 0 Å². The Hall–Kier alpha value is -1.60. The van der Waals surface area contributed by atoms with Crippen molar-refractivity contribution >= 4 is 23.4 Å². The first-order valence-corrected chi connectivity index (χ1v) is 6.67. The summed E-state index contributed by atoms with van der Waals surface area (Å²) in [4.78, 5) is 21.4. The van der Waals surface area contributed by atoms with Gasteiger partial charge >= 0.3 is 0 Å². The number of benzene rings is 1. The van der Waals surface area contributed by atoms with Gasteiger partial charge in [0, 0.05) is 17.7 Å². The van der Waals surface area contributed by atoms with Crippen molar-refractivity contribution in [3.63, 3.8) is 0 Å². The Bertz CT molecular complexity index is 532. The van der Waals surface area contributed by atoms with Crippen LogP contribution in [-0.4, -0.2) is 21.7 Å². The summed E-state index contributed by atoms with van der Waals surface area (Å²) in [6.45, 7) is 3.68. The molecule has 0 aromatic heterocycles. The molecule has 0 aliphatic carbocycles. The fraction of sp³-hybridized carbons (Fsp3) is 0.417. The molecule has 2 atom stereocenters. The highest BCUT2D eigenvalue weighted by Crippen LogP contribution is 2.41. The van der Waals surface area contributed by atoms with Crippen LogP contribution in [0.4, 0.5) is 5.69 Å². The first-order chi connectivity index (χ1) is 8.81. The summed E-state index contributed by atoms with van der Waals surface area (Å²) in [7, 11) is 0. The average molecular weight is 282 g/mol. The van der Waals surface area contributed by atoms with Gasteiger partial charge in [0.2, 0.25) is 0 Å². The fourth-order valence-electron chi connectivity index (χ4n) is 2.20. The molecule has 0 radical (unpaired) electrons. The summed E-state index contributed by atoms with van der Waals surface area (Å²) in [5.41, 5.74) is 0.761. The highest BCUT2D eigenvalue weighted by Gasteiger charge is 2.46. The Morgan fingerprint density at radius 2 is 2.16 bits per heavy atom. The van der Waals surface area contributed by atoms with Crippen LogP contribution < -0.4 is 10.4 Å². The summed E-state index contributed by atoms with van der Waals surface area (Å²) in [5.74, 6) is -1.11. The molecule has 19 heavy (non-hydrogen) atoms. The number of carbonyl (C=O) groups excluding carboxylic acids is 1. The van der Waals surface area contributed by atoms with Gasteiger partial charge in [-0.3, -0.25) is 10.1 Å². The lowest BCUT2D eigenvalue weighted by Gasteiger charge is -2.21. The smallest absolute Gasteiger partial charge is 0.269 e. The van der Waals surface area contributed by atoms with E-state index in [1.165, 1.54) is 23.9 Å². The van der Waals surface area contributed by atoms with Crippen LogP contribution in [0.2, 0.25) is 0 Å². The van der Waals surface area contributed by atoms with Gasteiger partial charge in [-0.15, -0.1) is 0 Å². The van der Waals surface area contributed by atoms with E-state index in [9.17, 15) is 20.0 Å². The molecular weight excluding hydrogens is 268 g/mol. The number of nitrogens with two attached hydrogens (primary N) is 1. The quantitative estimate of drug-likeness (QED) is 0.611. The second kappa shape index (κ2) is 4.82. The van der Waals surface area contributed by atoms with Gasteiger partial charge in [0.05, 0.1) is 9.67 Å². The average Bonchev–Trinajstić information content (AvgIpc) is 2.65. The SMILES string of the molecule is CC1(C)S[C@H](c2cccc([N+](=O)[O-])c2)[NH2+][C@H]1C(=O)[O-]. The van der Waals surface area contributed by atoms with E-state index in [4.69, 9.17) is 0 Å². The van der Waals surface area contributed by atoms with Crippen molar-refractivity contribution in [1.82, 2.24) is 0 Å². The standard InChI is InChI=1S/C12H14N2O4S/c1-12(2)9(11(15)16)13-10(19-12)7-4-3-5-8(6-7)14(17)18/h3-6,9-10,13H,1-2H3,(H,15,16)/t9-,10+/m0/s1. The number of carbonyl (C=O) groups is 1. The monoisotopic (exact) mass is 282 g/mol. The van der Waals surface area contributed by atoms with Crippen LogP contribution in [0.25, 0.3) is 0 Å². The maximum Gasteiger partial charge on any atom is 0.269 e. The maximum atomic E-state index is 11.1. The molecule has 0 amide bonds. The number of nitro groups is 1. The summed E-state index contributed by atoms with van der Waals surface area (Å²) in [6, 6.07) is 5.63. The zero-order valence-electron chi connectivity index (χ0n) is 10.5. The van der Waals surface area contributed by atoms with E-state index in [0.717, 1.165) is 5.56 Å². The van der Waals surface area contributed by atoms with E-state index < -0.39 is 21.7 Å². The van der Waals surface area contributed by atoms with Crippen LogP contribution in [0.1, 0.15) is 24.8 Å². The molecule has 0 bridgehead atoms. The molecule has 1 fully saturated rings. The first kappa shape index (κ1) is 13.8. The summed E-state index contributed by atoms with van der Waals surface area (Å²) < 4.78 is -0.478. The topological polar surface area (TPSA) is 99.9 Å². The number of nitrogens with zero attached hydrogens (tertiary/aromatic N) is 1. The minimum absolute atomic E-state index is 0.0150. The van der Waals surface area contributed by atoms with E-state index in [1.54, 1.807) is 17.4 Å². The van der Waals surface area contributed by atoms with Crippen molar-refractivity contribution in [1.29, 1.82) is 0 Å². The second-order valence-electron chi connectivity index (χ2n) is 4.98. The number of quaternary nitrogens is 1. The fourth-order valence-corrected chi connectivity index (χ4v) is 3.70. The van der Waals surface area contributed by atoms with Crippen molar-refractivity contribution in [2.75, 3.05) is 0 Å². The zero-order chi connectivity index (χ0) is 14.2. The van der Waals surface area contributed by atoms with Crippen LogP contribution in [0.3, 0.4) is 0 Å². The van der Waals surface area contributed by atoms with Gasteiger partial charge in [-0.1, -0.05) is 23.9 Å². The number of non-ortho nitro benzene ring substituents is 1. The third-order valence-electron chi connectivity index (χ3n) is 3.21. The number of hydrogen-bond donors (Lipinski definition) is 1. The number of carboxylic acid groups (broad SMARTS) is 1. The van der Waals surface area contributed by atoms with E-state index in [0.29, 0.717) is 0 Å². The van der Waals surface area contributed by atoms with Crippen LogP contribution in [0, 0.1) is 10.1 Å². The van der Waals surface area contributed by atoms with Gasteiger partial charge in [-0.2, -0.15) is 0 Å². The number of thioether (sulfide) groups is 1. The molecule has 0 saturated carbocycles. The lowest BCUT2D eigenvalue weighted by molar-refractivity contribution is -0.695. The highest BCUT2D eigenvalue weighted by atomic mass is 32.2. The van der Waals surface area contributed by atoms with Gasteiger partial charge in [-0.05, 0) is 13.8 Å². The number of hydrogen-bond acceptors (Lipinski definition) is 5. The molecule has 1 aromatic rings. The van der Waals surface area contributed by atoms with Crippen molar-refractivity contribution < 1.29 is 20.1 Å². The Balaban J connectivity index is 2.27. The van der Waals surface area contributed by atoms with Crippen LogP contribution in [0.15, 0.2) is 24.3 Å². The van der Waals surface area contributed by atoms with Gasteiger partial charge in [0.25, 0.3) is 5.69 Å². The molecule has 0 unspecified atom stereocenters. The summed E-state index contributed by atoms with van der Waals surface area (Å²) in [6.07, 6.45) is 0. The van der Waals surface area contributed by atoms with E-state index in [-0.39, 0.29) is 11.1 Å². The largest absolute Gasteiger partial charge is 0.544 e. The Kier molecular flexibility index (Phi) is 3.51. The third-order valence-corrected chi connectivity index (χ3v) is 4.76. The molecule has 1 saturated heterocycles. The minimum Gasteiger partial charge on any atom is -0.544 e. The molecule has 6 nitrogen and oxygen atoms in total. The summed E-state index contributed by atoms with van der Waals surface area (Å²) in [5, 5.41) is 23.4. The lowest BCUT2D eigenvalue weighted by Crippen LogP contribution is -2.92. The van der Waals surface area contributed by atoms with Gasteiger partial charge in [-0.25, -0.2) is 0 Å². The molecule has 1 aromatic carbocycles. The Labute approximate surface area is 114 Å². The maximum absolute atomic E-state index is 11.1. The normalized spacial score (nSPS) is 25.2. The molecule has 0 spiro atoms. The number of rotatable bonds is 3. The van der Waals surface area contributed by atoms with Crippen molar-refractivity contribution in [2.24, 2.45) is 0 Å². The predicted octanol–water partition coefficient (Wildman–Crippen LogP) is -0.199. The van der Waals surface area contributed by atoms with Crippen molar-refractivity contribution in [3.8, 4) is 0 Å². The summed E-state index contributed by atoms with van der Waals surface area (Å²) >= 11 is 1.48. The van der Waals surface area contributed by atoms with Crippen LogP contribution >= 0.6 is 11.8 Å². The zero-order valence-corrected chi connectivity index (χ0v) is 11.3. The number of carboxylic acids is 1. The predicted molar refractivity (Wildman–Crippen MR) is 68.2 cm³/mol. The molecule has 2 N–H and O–H groups in total. The van der Waals surface area contributed by atoms with Gasteiger partial charge < -0.3 is 15.2 Å². The Morgan fingerprint density at radius 1 is 1.47 bits per heavy atom. The molecule has 1 heterocycles. The lowest BCUT2D eigenvalue weighted by atomic mass is 10.0. The molecule has 1 aliphatic rings. The van der Waals surface area contributed by atoms with E-state index in [1.807, 2.05) is 13.8 Å². The van der Waals surface area contributed by atoms with Gasteiger partial charge in [0.15, 0.2) is 5.37 Å². The van der Waals surface area contributed by atoms with E-state index >= 15 is 0 Å². The highest BCUT2D eigenvalue weighted by molar-refractivity contribution is 8.00. The van der Waals surface area contributed by atoms with Crippen molar-refractivity contribution in [2.45, 2.75) is 30.0 Å². The first-order valence-electron chi connectivity index (χ1n) is 5.79. The third kappa shape index (κ3) is 2.71. The number of aliphatic carboxylic acids is 1. The number of nitro benzene ring substituents is 1. The molecule has 1 aliphatic heterocycles. The molecule has 2 rings (SSSR count). The molecular formula is C12H14N2O4S. The Morgan fingerprint density at radius 3 is 2.68 bits per heavy atom. The van der Waals surface area contributed by atoms with Crippen LogP contribution in [-0.2, 0) is 4.79 Å². The molecule has 7 heteroatoms. The molecule has 102 valence electrons.